The van der Waals surface area contributed by atoms with E-state index >= 15 is 0 Å². The minimum Gasteiger partial charge on any atom is -0.447 e. The van der Waals surface area contributed by atoms with Crippen molar-refractivity contribution < 1.29 is 9.53 Å². The molecule has 0 N–H and O–H groups in total. The lowest BCUT2D eigenvalue weighted by atomic mass is 10.1. The normalized spacial score (nSPS) is 20.5. The van der Waals surface area contributed by atoms with Gasteiger partial charge in [0, 0.05) is 7.05 Å². The summed E-state index contributed by atoms with van der Waals surface area (Å²) in [6, 6.07) is -0.00352. The predicted octanol–water partition coefficient (Wildman–Crippen LogP) is 3.15. The molecule has 0 radical (unpaired) electrons. The molecule has 1 saturated heterocycles. The maximum Gasteiger partial charge on any atom is 0.410 e. The number of rotatable bonds is 3. The molecule has 3 nitrogen and oxygen atoms in total. The number of ether oxygens (including phenoxy) is 1. The van der Waals surface area contributed by atoms with Crippen molar-refractivity contribution in [3.8, 4) is 0 Å². The zero-order valence-corrected chi connectivity index (χ0v) is 10.6. The molecule has 1 rings (SSSR count). The highest BCUT2D eigenvalue weighted by molar-refractivity contribution is 5.70. The summed E-state index contributed by atoms with van der Waals surface area (Å²) in [6.45, 7) is 10.1. The summed E-state index contributed by atoms with van der Waals surface area (Å²) in [5.41, 5.74) is 0.997. The first-order chi connectivity index (χ1) is 7.70. The molecule has 0 bridgehead atoms. The van der Waals surface area contributed by atoms with Crippen molar-refractivity contribution in [2.24, 2.45) is 0 Å². The molecule has 0 aromatic rings. The Morgan fingerprint density at radius 2 is 2.19 bits per heavy atom. The first-order valence-electron chi connectivity index (χ1n) is 5.55. The number of allylic oxidation sites excluding steroid dienone is 3. The highest BCUT2D eigenvalue weighted by Crippen LogP contribution is 2.18. The Labute approximate surface area is 98.1 Å². The van der Waals surface area contributed by atoms with Crippen LogP contribution in [0, 0.1) is 0 Å². The van der Waals surface area contributed by atoms with Crippen LogP contribution in [0.3, 0.4) is 0 Å². The van der Waals surface area contributed by atoms with Crippen LogP contribution < -0.4 is 0 Å². The molecule has 1 unspecified atom stereocenters. The molecule has 16 heavy (non-hydrogen) atoms. The van der Waals surface area contributed by atoms with Crippen molar-refractivity contribution in [3.05, 3.63) is 36.5 Å². The van der Waals surface area contributed by atoms with E-state index < -0.39 is 0 Å². The SMILES string of the molecule is C=C/C(=C\C=C/C)C1COC(=O)N1C.CC. The van der Waals surface area contributed by atoms with E-state index in [-0.39, 0.29) is 12.1 Å². The molecular formula is C13H21NO2. The Morgan fingerprint density at radius 3 is 2.56 bits per heavy atom. The minimum atomic E-state index is -0.275. The molecule has 0 saturated carbocycles. The molecule has 1 fully saturated rings. The van der Waals surface area contributed by atoms with Crippen LogP contribution in [0.2, 0.25) is 0 Å². The zero-order valence-electron chi connectivity index (χ0n) is 10.6. The first kappa shape index (κ1) is 14.5. The van der Waals surface area contributed by atoms with Gasteiger partial charge in [0.1, 0.15) is 6.61 Å². The molecular weight excluding hydrogens is 202 g/mol. The molecule has 1 aliphatic rings. The van der Waals surface area contributed by atoms with E-state index in [1.807, 2.05) is 39.0 Å². The Morgan fingerprint density at radius 1 is 1.56 bits per heavy atom. The maximum atomic E-state index is 11.1. The molecule has 1 atom stereocenters. The monoisotopic (exact) mass is 223 g/mol. The van der Waals surface area contributed by atoms with Crippen molar-refractivity contribution >= 4 is 6.09 Å². The number of carbonyl (C=O) groups excluding carboxylic acids is 1. The molecule has 3 heteroatoms. The summed E-state index contributed by atoms with van der Waals surface area (Å²) in [7, 11) is 1.73. The van der Waals surface area contributed by atoms with Gasteiger partial charge in [0.2, 0.25) is 0 Å². The van der Waals surface area contributed by atoms with Gasteiger partial charge >= 0.3 is 6.09 Å². The van der Waals surface area contributed by atoms with E-state index in [1.54, 1.807) is 18.0 Å². The number of hydrogen-bond acceptors (Lipinski definition) is 2. The Bertz CT molecular complexity index is 292. The highest BCUT2D eigenvalue weighted by atomic mass is 16.6. The van der Waals surface area contributed by atoms with Gasteiger partial charge in [-0.15, -0.1) is 0 Å². The van der Waals surface area contributed by atoms with Gasteiger partial charge < -0.3 is 9.64 Å². The molecule has 1 amide bonds. The summed E-state index contributed by atoms with van der Waals surface area (Å²) >= 11 is 0. The largest absolute Gasteiger partial charge is 0.447 e. The number of carbonyl (C=O) groups is 1. The van der Waals surface area contributed by atoms with Gasteiger partial charge in [0.25, 0.3) is 0 Å². The Balaban J connectivity index is 0.00000106. The average molecular weight is 223 g/mol. The molecule has 0 aromatic carbocycles. The molecule has 0 spiro atoms. The van der Waals surface area contributed by atoms with E-state index in [2.05, 4.69) is 6.58 Å². The summed E-state index contributed by atoms with van der Waals surface area (Å²) in [5.74, 6) is 0. The summed E-state index contributed by atoms with van der Waals surface area (Å²) in [6.07, 6.45) is 7.27. The molecule has 90 valence electrons. The lowest BCUT2D eigenvalue weighted by Gasteiger charge is -2.16. The van der Waals surface area contributed by atoms with Crippen LogP contribution in [0.25, 0.3) is 0 Å². The topological polar surface area (TPSA) is 29.5 Å². The van der Waals surface area contributed by atoms with Gasteiger partial charge in [-0.2, -0.15) is 0 Å². The van der Waals surface area contributed by atoms with Crippen LogP contribution >= 0.6 is 0 Å². The van der Waals surface area contributed by atoms with Gasteiger partial charge in [0.05, 0.1) is 6.04 Å². The van der Waals surface area contributed by atoms with E-state index in [9.17, 15) is 4.79 Å². The van der Waals surface area contributed by atoms with Crippen LogP contribution in [0.1, 0.15) is 20.8 Å². The number of likely N-dealkylation sites (N-methyl/N-ethyl adjacent to an activating group) is 1. The predicted molar refractivity (Wildman–Crippen MR) is 67.3 cm³/mol. The second kappa shape index (κ2) is 7.74. The van der Waals surface area contributed by atoms with E-state index in [0.29, 0.717) is 6.61 Å². The maximum absolute atomic E-state index is 11.1. The summed E-state index contributed by atoms with van der Waals surface area (Å²) in [5, 5.41) is 0. The standard InChI is InChI=1S/C11H15NO2.C2H6/c1-4-6-7-9(5-2)10-8-14-11(13)12(10)3;1-2/h4-7,10H,2,8H2,1,3H3;1-2H3/b6-4-,9-7+;. The Hall–Kier alpha value is -1.51. The van der Waals surface area contributed by atoms with E-state index in [0.717, 1.165) is 5.57 Å². The van der Waals surface area contributed by atoms with Crippen molar-refractivity contribution in [1.82, 2.24) is 4.90 Å². The van der Waals surface area contributed by atoms with Gasteiger partial charge in [-0.25, -0.2) is 4.79 Å². The first-order valence-corrected chi connectivity index (χ1v) is 5.55. The van der Waals surface area contributed by atoms with Crippen LogP contribution in [0.5, 0.6) is 0 Å². The van der Waals surface area contributed by atoms with Gasteiger partial charge in [0.15, 0.2) is 0 Å². The van der Waals surface area contributed by atoms with Gasteiger partial charge in [-0.1, -0.05) is 44.7 Å². The highest BCUT2D eigenvalue weighted by Gasteiger charge is 2.30. The number of amides is 1. The van der Waals surface area contributed by atoms with Crippen molar-refractivity contribution in [2.75, 3.05) is 13.7 Å². The zero-order chi connectivity index (χ0) is 12.6. The second-order valence-electron chi connectivity index (χ2n) is 3.10. The molecule has 0 aromatic heterocycles. The quantitative estimate of drug-likeness (QED) is 0.688. The molecule has 1 heterocycles. The fourth-order valence-corrected chi connectivity index (χ4v) is 1.33. The van der Waals surface area contributed by atoms with Crippen LogP contribution in [-0.2, 0) is 4.74 Å². The summed E-state index contributed by atoms with van der Waals surface area (Å²) in [4.78, 5) is 12.7. The fraction of sp³-hybridized carbons (Fsp3) is 0.462. The molecule has 1 aliphatic heterocycles. The van der Waals surface area contributed by atoms with Crippen molar-refractivity contribution in [1.29, 1.82) is 0 Å². The third-order valence-electron chi connectivity index (χ3n) is 2.22. The minimum absolute atomic E-state index is 0.00352. The third kappa shape index (κ3) is 3.57. The van der Waals surface area contributed by atoms with Crippen molar-refractivity contribution in [3.63, 3.8) is 0 Å². The van der Waals surface area contributed by atoms with Crippen LogP contribution in [0.4, 0.5) is 4.79 Å². The average Bonchev–Trinajstić information content (AvgIpc) is 2.65. The lowest BCUT2D eigenvalue weighted by Crippen LogP contribution is -2.30. The van der Waals surface area contributed by atoms with E-state index in [4.69, 9.17) is 4.74 Å². The van der Waals surface area contributed by atoms with Crippen LogP contribution in [0.15, 0.2) is 36.5 Å². The van der Waals surface area contributed by atoms with Gasteiger partial charge in [-0.3, -0.25) is 0 Å². The smallest absolute Gasteiger partial charge is 0.410 e. The third-order valence-corrected chi connectivity index (χ3v) is 2.22. The van der Waals surface area contributed by atoms with Crippen molar-refractivity contribution in [2.45, 2.75) is 26.8 Å². The van der Waals surface area contributed by atoms with E-state index in [1.165, 1.54) is 0 Å². The summed E-state index contributed by atoms with van der Waals surface area (Å²) < 4.78 is 4.91. The fourth-order valence-electron chi connectivity index (χ4n) is 1.33. The second-order valence-corrected chi connectivity index (χ2v) is 3.10. The molecule has 0 aliphatic carbocycles. The number of nitrogens with zero attached hydrogens (tertiary/aromatic N) is 1. The Kier molecular flexibility index (Phi) is 7.01. The number of hydrogen-bond donors (Lipinski definition) is 0. The van der Waals surface area contributed by atoms with Gasteiger partial charge in [-0.05, 0) is 12.5 Å². The lowest BCUT2D eigenvalue weighted by molar-refractivity contribution is 0.163. The number of cyclic esters (lactones) is 1. The van der Waals surface area contributed by atoms with Crippen LogP contribution in [-0.4, -0.2) is 30.7 Å².